The molecule has 0 aliphatic carbocycles. The molecule has 4 heteroatoms. The van der Waals surface area contributed by atoms with Gasteiger partial charge in [-0.1, -0.05) is 6.92 Å². The standard InChI is InChI=1S/C16H22N2OS/c1-4-12-5-6-20-16(12)10-18-14-7-13(17)8-15(9-14)19-11(2)3/h5-9,11,18H,4,10,17H2,1-3H3. The van der Waals surface area contributed by atoms with Gasteiger partial charge in [-0.3, -0.25) is 0 Å². The average Bonchev–Trinajstić information content (AvgIpc) is 2.82. The maximum absolute atomic E-state index is 5.92. The molecule has 20 heavy (non-hydrogen) atoms. The molecule has 0 saturated heterocycles. The number of nitrogens with two attached hydrogens (primary N) is 1. The Hall–Kier alpha value is -1.68. The molecule has 1 aromatic carbocycles. The van der Waals surface area contributed by atoms with Crippen LogP contribution in [-0.2, 0) is 13.0 Å². The molecule has 0 bridgehead atoms. The first-order valence-corrected chi connectivity index (χ1v) is 7.82. The topological polar surface area (TPSA) is 47.3 Å². The molecule has 2 rings (SSSR count). The van der Waals surface area contributed by atoms with Gasteiger partial charge < -0.3 is 15.8 Å². The van der Waals surface area contributed by atoms with Crippen molar-refractivity contribution in [2.24, 2.45) is 0 Å². The predicted molar refractivity (Wildman–Crippen MR) is 87.6 cm³/mol. The summed E-state index contributed by atoms with van der Waals surface area (Å²) in [6.07, 6.45) is 1.22. The van der Waals surface area contributed by atoms with Gasteiger partial charge in [0, 0.05) is 34.9 Å². The van der Waals surface area contributed by atoms with Gasteiger partial charge in [0.05, 0.1) is 6.10 Å². The van der Waals surface area contributed by atoms with Gasteiger partial charge in [-0.2, -0.15) is 0 Å². The Morgan fingerprint density at radius 1 is 1.30 bits per heavy atom. The third-order valence-corrected chi connectivity index (χ3v) is 3.94. The van der Waals surface area contributed by atoms with Crippen molar-refractivity contribution >= 4 is 22.7 Å². The highest BCUT2D eigenvalue weighted by molar-refractivity contribution is 7.10. The van der Waals surface area contributed by atoms with Crippen molar-refractivity contribution in [3.63, 3.8) is 0 Å². The van der Waals surface area contributed by atoms with E-state index in [2.05, 4.69) is 23.7 Å². The van der Waals surface area contributed by atoms with Crippen LogP contribution in [0.1, 0.15) is 31.2 Å². The number of hydrogen-bond donors (Lipinski definition) is 2. The monoisotopic (exact) mass is 290 g/mol. The summed E-state index contributed by atoms with van der Waals surface area (Å²) < 4.78 is 5.70. The van der Waals surface area contributed by atoms with Gasteiger partial charge in [0.1, 0.15) is 5.75 Å². The number of thiophene rings is 1. The van der Waals surface area contributed by atoms with Crippen LogP contribution in [0, 0.1) is 0 Å². The summed E-state index contributed by atoms with van der Waals surface area (Å²) in [5.74, 6) is 0.810. The van der Waals surface area contributed by atoms with Crippen molar-refractivity contribution in [2.45, 2.75) is 39.8 Å². The van der Waals surface area contributed by atoms with Crippen molar-refractivity contribution in [2.75, 3.05) is 11.1 Å². The molecule has 2 aromatic rings. The molecule has 0 aliphatic heterocycles. The van der Waals surface area contributed by atoms with Crippen LogP contribution in [0.15, 0.2) is 29.6 Å². The molecule has 0 amide bonds. The van der Waals surface area contributed by atoms with E-state index in [0.717, 1.165) is 24.4 Å². The van der Waals surface area contributed by atoms with Gasteiger partial charge in [-0.15, -0.1) is 11.3 Å². The fourth-order valence-corrected chi connectivity index (χ4v) is 3.00. The van der Waals surface area contributed by atoms with E-state index < -0.39 is 0 Å². The molecule has 0 fully saturated rings. The highest BCUT2D eigenvalue weighted by Crippen LogP contribution is 2.25. The molecule has 0 unspecified atom stereocenters. The van der Waals surface area contributed by atoms with E-state index in [0.29, 0.717) is 5.69 Å². The summed E-state index contributed by atoms with van der Waals surface area (Å²) in [5, 5.41) is 5.57. The molecule has 1 aromatic heterocycles. The van der Waals surface area contributed by atoms with Crippen LogP contribution in [-0.4, -0.2) is 6.10 Å². The highest BCUT2D eigenvalue weighted by atomic mass is 32.1. The molecule has 3 N–H and O–H groups in total. The van der Waals surface area contributed by atoms with E-state index in [1.807, 2.05) is 32.0 Å². The first-order valence-electron chi connectivity index (χ1n) is 6.94. The molecule has 0 spiro atoms. The van der Waals surface area contributed by atoms with Gasteiger partial charge in [0.25, 0.3) is 0 Å². The minimum absolute atomic E-state index is 0.147. The summed E-state index contributed by atoms with van der Waals surface area (Å²) in [6.45, 7) is 7.02. The summed E-state index contributed by atoms with van der Waals surface area (Å²) in [7, 11) is 0. The maximum atomic E-state index is 5.92. The zero-order valence-electron chi connectivity index (χ0n) is 12.3. The predicted octanol–water partition coefficient (Wildman–Crippen LogP) is 4.29. The van der Waals surface area contributed by atoms with Crippen molar-refractivity contribution in [1.29, 1.82) is 0 Å². The normalized spacial score (nSPS) is 10.8. The third-order valence-electron chi connectivity index (χ3n) is 2.97. The van der Waals surface area contributed by atoms with Crippen LogP contribution in [0.25, 0.3) is 0 Å². The second kappa shape index (κ2) is 6.66. The lowest BCUT2D eigenvalue weighted by Gasteiger charge is -2.13. The van der Waals surface area contributed by atoms with Gasteiger partial charge in [0.15, 0.2) is 0 Å². The smallest absolute Gasteiger partial charge is 0.123 e. The Balaban J connectivity index is 2.07. The molecular formula is C16H22N2OS. The number of hydrogen-bond acceptors (Lipinski definition) is 4. The molecule has 0 saturated carbocycles. The fraction of sp³-hybridized carbons (Fsp3) is 0.375. The highest BCUT2D eigenvalue weighted by Gasteiger charge is 2.05. The van der Waals surface area contributed by atoms with Crippen LogP contribution in [0.2, 0.25) is 0 Å². The van der Waals surface area contributed by atoms with Crippen LogP contribution in [0.3, 0.4) is 0 Å². The van der Waals surface area contributed by atoms with Gasteiger partial charge in [-0.05, 0) is 43.3 Å². The van der Waals surface area contributed by atoms with Crippen LogP contribution < -0.4 is 15.8 Å². The Kier molecular flexibility index (Phi) is 4.90. The van der Waals surface area contributed by atoms with Gasteiger partial charge in [-0.25, -0.2) is 0 Å². The van der Waals surface area contributed by atoms with Crippen LogP contribution >= 0.6 is 11.3 Å². The molecule has 108 valence electrons. The van der Waals surface area contributed by atoms with E-state index in [1.54, 1.807) is 11.3 Å². The van der Waals surface area contributed by atoms with E-state index in [-0.39, 0.29) is 6.10 Å². The largest absolute Gasteiger partial charge is 0.491 e. The number of benzene rings is 1. The fourth-order valence-electron chi connectivity index (χ4n) is 2.08. The maximum Gasteiger partial charge on any atom is 0.123 e. The summed E-state index contributed by atoms with van der Waals surface area (Å²) in [4.78, 5) is 1.38. The SMILES string of the molecule is CCc1ccsc1CNc1cc(N)cc(OC(C)C)c1. The van der Waals surface area contributed by atoms with Crippen molar-refractivity contribution in [1.82, 2.24) is 0 Å². The lowest BCUT2D eigenvalue weighted by Crippen LogP contribution is -2.07. The zero-order chi connectivity index (χ0) is 14.5. The quantitative estimate of drug-likeness (QED) is 0.780. The van der Waals surface area contributed by atoms with Gasteiger partial charge >= 0.3 is 0 Å². The van der Waals surface area contributed by atoms with E-state index in [9.17, 15) is 0 Å². The number of nitrogen functional groups attached to an aromatic ring is 1. The summed E-state index contributed by atoms with van der Waals surface area (Å²) in [5.41, 5.74) is 9.04. The van der Waals surface area contributed by atoms with Crippen molar-refractivity contribution < 1.29 is 4.74 Å². The molecule has 3 nitrogen and oxygen atoms in total. The van der Waals surface area contributed by atoms with Gasteiger partial charge in [0.2, 0.25) is 0 Å². The van der Waals surface area contributed by atoms with E-state index in [1.165, 1.54) is 10.4 Å². The minimum atomic E-state index is 0.147. The number of anilines is 2. The third kappa shape index (κ3) is 3.90. The average molecular weight is 290 g/mol. The Labute approximate surface area is 124 Å². The first-order chi connectivity index (χ1) is 9.58. The molecule has 0 aliphatic rings. The Morgan fingerprint density at radius 3 is 2.80 bits per heavy atom. The number of nitrogens with one attached hydrogen (secondary N) is 1. The number of rotatable bonds is 6. The number of ether oxygens (including phenoxy) is 1. The lowest BCUT2D eigenvalue weighted by molar-refractivity contribution is 0.242. The van der Waals surface area contributed by atoms with Crippen molar-refractivity contribution in [3.8, 4) is 5.75 Å². The molecule has 0 radical (unpaired) electrons. The zero-order valence-corrected chi connectivity index (χ0v) is 13.1. The first kappa shape index (κ1) is 14.7. The van der Waals surface area contributed by atoms with Crippen LogP contribution in [0.4, 0.5) is 11.4 Å². The number of aryl methyl sites for hydroxylation is 1. The Bertz CT molecular complexity index is 563. The van der Waals surface area contributed by atoms with Crippen molar-refractivity contribution in [3.05, 3.63) is 40.1 Å². The lowest BCUT2D eigenvalue weighted by atomic mass is 10.2. The van der Waals surface area contributed by atoms with E-state index in [4.69, 9.17) is 10.5 Å². The second-order valence-corrected chi connectivity index (χ2v) is 6.03. The second-order valence-electron chi connectivity index (χ2n) is 5.03. The summed E-state index contributed by atoms with van der Waals surface area (Å²) >= 11 is 1.79. The van der Waals surface area contributed by atoms with Crippen LogP contribution in [0.5, 0.6) is 5.75 Å². The minimum Gasteiger partial charge on any atom is -0.491 e. The van der Waals surface area contributed by atoms with E-state index >= 15 is 0 Å². The Morgan fingerprint density at radius 2 is 2.10 bits per heavy atom. The molecule has 1 heterocycles. The molecule has 0 atom stereocenters. The summed E-state index contributed by atoms with van der Waals surface area (Å²) in [6, 6.07) is 7.98. The molecular weight excluding hydrogens is 268 g/mol.